The van der Waals surface area contributed by atoms with Gasteiger partial charge in [-0.05, 0) is 73.5 Å². The van der Waals surface area contributed by atoms with E-state index >= 15 is 0 Å². The van der Waals surface area contributed by atoms with Crippen molar-refractivity contribution < 1.29 is 9.90 Å². The smallest absolute Gasteiger partial charge is 0.222 e. The molecule has 3 nitrogen and oxygen atoms in total. The van der Waals surface area contributed by atoms with E-state index in [4.69, 9.17) is 5.11 Å². The van der Waals surface area contributed by atoms with Crippen molar-refractivity contribution in [2.24, 2.45) is 34.5 Å². The summed E-state index contributed by atoms with van der Waals surface area (Å²) in [5.41, 5.74) is 0.677. The van der Waals surface area contributed by atoms with Crippen LogP contribution in [-0.2, 0) is 4.79 Å². The molecule has 1 heterocycles. The van der Waals surface area contributed by atoms with E-state index in [1.807, 2.05) is 7.05 Å². The van der Waals surface area contributed by atoms with Crippen molar-refractivity contribution >= 4 is 5.91 Å². The lowest BCUT2D eigenvalue weighted by molar-refractivity contribution is -0.157. The second-order valence-corrected chi connectivity index (χ2v) is 9.95. The summed E-state index contributed by atoms with van der Waals surface area (Å²) < 4.78 is 0. The predicted octanol–water partition coefficient (Wildman–Crippen LogP) is 3.85. The van der Waals surface area contributed by atoms with E-state index in [0.717, 1.165) is 30.6 Å². The number of piperidine rings is 1. The van der Waals surface area contributed by atoms with E-state index in [1.165, 1.54) is 38.5 Å². The first-order valence-electron chi connectivity index (χ1n) is 10.8. The predicted molar refractivity (Wildman–Crippen MR) is 103 cm³/mol. The fourth-order valence-electron chi connectivity index (χ4n) is 7.64. The molecule has 0 aromatic heterocycles. The maximum Gasteiger partial charge on any atom is 0.222 e. The van der Waals surface area contributed by atoms with Crippen LogP contribution in [0, 0.1) is 46.3 Å². The summed E-state index contributed by atoms with van der Waals surface area (Å²) in [6.45, 7) is 5.17. The minimum atomic E-state index is 0.177. The van der Waals surface area contributed by atoms with Crippen LogP contribution in [0.1, 0.15) is 71.6 Å². The summed E-state index contributed by atoms with van der Waals surface area (Å²) in [6, 6.07) is 0.455. The van der Waals surface area contributed by atoms with E-state index in [-0.39, 0.29) is 6.61 Å². The Morgan fingerprint density at radius 3 is 2.62 bits per heavy atom. The van der Waals surface area contributed by atoms with Gasteiger partial charge in [-0.2, -0.15) is 0 Å². The Morgan fingerprint density at radius 1 is 1.08 bits per heavy atom. The third kappa shape index (κ3) is 2.55. The Bertz CT molecular complexity index is 634. The highest BCUT2D eigenvalue weighted by Gasteiger charge is 2.60. The number of fused-ring (bicyclic) bond motifs is 5. The van der Waals surface area contributed by atoms with Crippen LogP contribution >= 0.6 is 0 Å². The maximum absolute atomic E-state index is 12.2. The molecule has 4 aliphatic rings. The van der Waals surface area contributed by atoms with Crippen LogP contribution in [0.3, 0.4) is 0 Å². The van der Waals surface area contributed by atoms with E-state index < -0.39 is 0 Å². The second-order valence-electron chi connectivity index (χ2n) is 9.95. The fourth-order valence-corrected chi connectivity index (χ4v) is 7.64. The Morgan fingerprint density at radius 2 is 1.85 bits per heavy atom. The van der Waals surface area contributed by atoms with Gasteiger partial charge in [-0.25, -0.2) is 0 Å². The number of rotatable bonds is 1. The first-order valence-corrected chi connectivity index (χ1v) is 10.8. The molecule has 0 spiro atoms. The van der Waals surface area contributed by atoms with Crippen LogP contribution in [0.25, 0.3) is 0 Å². The minimum Gasteiger partial charge on any atom is -0.395 e. The molecule has 3 saturated carbocycles. The van der Waals surface area contributed by atoms with Gasteiger partial charge in [0.15, 0.2) is 0 Å². The number of likely N-dealkylation sites (tertiary alicyclic amines) is 1. The highest BCUT2D eigenvalue weighted by molar-refractivity contribution is 5.77. The molecule has 1 saturated heterocycles. The zero-order valence-electron chi connectivity index (χ0n) is 16.8. The molecule has 4 rings (SSSR count). The van der Waals surface area contributed by atoms with E-state index in [9.17, 15) is 4.79 Å². The van der Waals surface area contributed by atoms with Crippen molar-refractivity contribution in [2.75, 3.05) is 13.7 Å². The zero-order chi connectivity index (χ0) is 18.5. The SMILES string of the molecule is CN1C(=O)CC[C@@]2(C)C1CC[C@@H]1[C@H]2CC[C@]2(C)C(C#CCCO)CC[C@@H]12. The van der Waals surface area contributed by atoms with Crippen LogP contribution < -0.4 is 0 Å². The molecule has 0 bridgehead atoms. The van der Waals surface area contributed by atoms with Crippen molar-refractivity contribution in [2.45, 2.75) is 77.7 Å². The average molecular weight is 358 g/mol. The number of aliphatic hydroxyl groups excluding tert-OH is 1. The molecule has 3 aliphatic carbocycles. The van der Waals surface area contributed by atoms with Crippen molar-refractivity contribution in [3.8, 4) is 11.8 Å². The van der Waals surface area contributed by atoms with Crippen molar-refractivity contribution in [3.05, 3.63) is 0 Å². The van der Waals surface area contributed by atoms with Gasteiger partial charge in [0.25, 0.3) is 0 Å². The second kappa shape index (κ2) is 6.55. The van der Waals surface area contributed by atoms with Crippen LogP contribution in [0.5, 0.6) is 0 Å². The minimum absolute atomic E-state index is 0.177. The van der Waals surface area contributed by atoms with Crippen LogP contribution in [0.4, 0.5) is 0 Å². The van der Waals surface area contributed by atoms with Gasteiger partial charge in [0.2, 0.25) is 5.91 Å². The molecule has 144 valence electrons. The third-order valence-corrected chi connectivity index (χ3v) is 9.07. The van der Waals surface area contributed by atoms with Gasteiger partial charge in [-0.1, -0.05) is 19.8 Å². The number of carbonyl (C=O) groups is 1. The van der Waals surface area contributed by atoms with E-state index in [0.29, 0.717) is 35.1 Å². The lowest BCUT2D eigenvalue weighted by Crippen LogP contribution is -2.61. The van der Waals surface area contributed by atoms with E-state index in [2.05, 4.69) is 30.6 Å². The number of aliphatic hydroxyl groups is 1. The van der Waals surface area contributed by atoms with Crippen molar-refractivity contribution in [1.29, 1.82) is 0 Å². The molecule has 26 heavy (non-hydrogen) atoms. The zero-order valence-corrected chi connectivity index (χ0v) is 16.8. The summed E-state index contributed by atoms with van der Waals surface area (Å²) >= 11 is 0. The first kappa shape index (κ1) is 18.4. The molecule has 0 aromatic carbocycles. The van der Waals surface area contributed by atoms with Crippen LogP contribution in [0.2, 0.25) is 0 Å². The van der Waals surface area contributed by atoms with Gasteiger partial charge in [0, 0.05) is 31.8 Å². The summed E-state index contributed by atoms with van der Waals surface area (Å²) in [7, 11) is 2.04. The fraction of sp³-hybridized carbons (Fsp3) is 0.870. The Balaban J connectivity index is 1.58. The lowest BCUT2D eigenvalue weighted by Gasteiger charge is -2.61. The van der Waals surface area contributed by atoms with Crippen molar-refractivity contribution in [3.63, 3.8) is 0 Å². The maximum atomic E-state index is 12.2. The number of carbonyl (C=O) groups excluding carboxylic acids is 1. The van der Waals surface area contributed by atoms with Crippen LogP contribution in [-0.4, -0.2) is 35.6 Å². The normalized spacial score (nSPS) is 47.5. The summed E-state index contributed by atoms with van der Waals surface area (Å²) in [6.07, 6.45) is 10.1. The quantitative estimate of drug-likeness (QED) is 0.724. The van der Waals surface area contributed by atoms with Gasteiger partial charge >= 0.3 is 0 Å². The highest BCUT2D eigenvalue weighted by Crippen LogP contribution is 2.66. The molecule has 1 amide bonds. The first-order chi connectivity index (χ1) is 12.4. The van der Waals surface area contributed by atoms with Gasteiger partial charge in [0.05, 0.1) is 6.61 Å². The standard InChI is InChI=1S/C23H35NO2/c1-22-13-11-19-17(18(22)9-7-16(22)6-4-5-15-25)8-10-20-23(19,2)14-12-21(26)24(20)3/h16-20,25H,5,7-15H2,1-3H3/t16?,17-,18-,19+,20?,22+,23+/m0/s1. The van der Waals surface area contributed by atoms with Crippen LogP contribution in [0.15, 0.2) is 0 Å². The number of amides is 1. The summed E-state index contributed by atoms with van der Waals surface area (Å²) in [5, 5.41) is 9.04. The van der Waals surface area contributed by atoms with Gasteiger partial charge in [0.1, 0.15) is 0 Å². The average Bonchev–Trinajstić information content (AvgIpc) is 2.96. The van der Waals surface area contributed by atoms with Gasteiger partial charge in [-0.3, -0.25) is 4.79 Å². The number of hydrogen-bond acceptors (Lipinski definition) is 2. The monoisotopic (exact) mass is 357 g/mol. The molecule has 1 N–H and O–H groups in total. The molecule has 3 heteroatoms. The number of hydrogen-bond donors (Lipinski definition) is 1. The largest absolute Gasteiger partial charge is 0.395 e. The molecule has 0 radical (unpaired) electrons. The third-order valence-electron chi connectivity index (χ3n) is 9.07. The topological polar surface area (TPSA) is 40.5 Å². The van der Waals surface area contributed by atoms with E-state index in [1.54, 1.807) is 0 Å². The lowest BCUT2D eigenvalue weighted by atomic mass is 9.47. The highest BCUT2D eigenvalue weighted by atomic mass is 16.2. The molecule has 7 atom stereocenters. The molecule has 1 aliphatic heterocycles. The molecular weight excluding hydrogens is 322 g/mol. The molecule has 4 fully saturated rings. The van der Waals surface area contributed by atoms with Crippen molar-refractivity contribution in [1.82, 2.24) is 4.90 Å². The Kier molecular flexibility index (Phi) is 4.63. The summed E-state index contributed by atoms with van der Waals surface area (Å²) in [4.78, 5) is 14.3. The Labute approximate surface area is 158 Å². The van der Waals surface area contributed by atoms with Gasteiger partial charge in [-0.15, -0.1) is 5.92 Å². The number of nitrogens with zero attached hydrogens (tertiary/aromatic N) is 1. The Hall–Kier alpha value is -1.01. The molecule has 2 unspecified atom stereocenters. The molecular formula is C23H35NO2. The summed E-state index contributed by atoms with van der Waals surface area (Å²) in [5.74, 6) is 10.0. The van der Waals surface area contributed by atoms with Gasteiger partial charge < -0.3 is 10.0 Å². The molecule has 0 aromatic rings.